The van der Waals surface area contributed by atoms with E-state index in [-0.39, 0.29) is 16.1 Å². The molecule has 1 rings (SSSR count). The zero-order chi connectivity index (χ0) is 13.2. The molecular formula is C11H8ClFO4. The summed E-state index contributed by atoms with van der Waals surface area (Å²) in [6.07, 6.45) is 0.409. The van der Waals surface area contributed by atoms with Gasteiger partial charge in [0.15, 0.2) is 0 Å². The molecule has 0 heterocycles. The van der Waals surface area contributed by atoms with E-state index in [9.17, 15) is 19.1 Å². The molecule has 0 aromatic heterocycles. The number of aliphatic hydroxyl groups is 1. The van der Waals surface area contributed by atoms with Crippen LogP contribution in [0, 0.1) is 12.7 Å². The van der Waals surface area contributed by atoms with Crippen molar-refractivity contribution in [3.63, 3.8) is 0 Å². The van der Waals surface area contributed by atoms with Gasteiger partial charge in [-0.05, 0) is 18.6 Å². The summed E-state index contributed by atoms with van der Waals surface area (Å²) >= 11 is 5.66. The van der Waals surface area contributed by atoms with Gasteiger partial charge in [-0.1, -0.05) is 17.7 Å². The Kier molecular flexibility index (Phi) is 3.85. The average molecular weight is 259 g/mol. The fraction of sp³-hybridized carbons (Fsp3) is 0.0909. The van der Waals surface area contributed by atoms with Gasteiger partial charge in [-0.2, -0.15) is 0 Å². The molecule has 0 saturated heterocycles. The van der Waals surface area contributed by atoms with Crippen LogP contribution < -0.4 is 0 Å². The van der Waals surface area contributed by atoms with Crippen molar-refractivity contribution in [2.45, 2.75) is 6.92 Å². The number of aliphatic hydroxyl groups excluding tert-OH is 1. The van der Waals surface area contributed by atoms with E-state index >= 15 is 0 Å². The van der Waals surface area contributed by atoms with Gasteiger partial charge in [0.1, 0.15) is 11.6 Å². The van der Waals surface area contributed by atoms with Crippen molar-refractivity contribution < 1.29 is 24.2 Å². The lowest BCUT2D eigenvalue weighted by molar-refractivity contribution is -0.146. The van der Waals surface area contributed by atoms with Crippen molar-refractivity contribution in [2.75, 3.05) is 0 Å². The third-order valence-corrected chi connectivity index (χ3v) is 2.33. The fourth-order valence-corrected chi connectivity index (χ4v) is 1.39. The van der Waals surface area contributed by atoms with Gasteiger partial charge in [0.25, 0.3) is 5.78 Å². The third kappa shape index (κ3) is 2.82. The third-order valence-electron chi connectivity index (χ3n) is 2.02. The summed E-state index contributed by atoms with van der Waals surface area (Å²) in [7, 11) is 0. The Bertz CT molecular complexity index is 522. The largest absolute Gasteiger partial charge is 0.507 e. The number of rotatable bonds is 3. The molecule has 6 heteroatoms. The number of aliphatic carboxylic acids is 1. The van der Waals surface area contributed by atoms with Gasteiger partial charge >= 0.3 is 5.97 Å². The molecule has 0 aliphatic carbocycles. The Morgan fingerprint density at radius 2 is 1.94 bits per heavy atom. The molecule has 0 spiro atoms. The second-order valence-electron chi connectivity index (χ2n) is 3.25. The number of hydrogen-bond acceptors (Lipinski definition) is 3. The van der Waals surface area contributed by atoms with E-state index in [1.54, 1.807) is 0 Å². The summed E-state index contributed by atoms with van der Waals surface area (Å²) in [5.74, 6) is -4.73. The zero-order valence-corrected chi connectivity index (χ0v) is 9.45. The molecule has 0 bridgehead atoms. The van der Waals surface area contributed by atoms with Crippen molar-refractivity contribution in [3.8, 4) is 0 Å². The van der Waals surface area contributed by atoms with E-state index in [2.05, 4.69) is 0 Å². The minimum atomic E-state index is -1.75. The van der Waals surface area contributed by atoms with E-state index in [0.717, 1.165) is 0 Å². The molecule has 0 unspecified atom stereocenters. The second-order valence-corrected chi connectivity index (χ2v) is 3.66. The molecule has 0 atom stereocenters. The summed E-state index contributed by atoms with van der Waals surface area (Å²) in [6.45, 7) is 1.45. The number of halogens is 2. The lowest BCUT2D eigenvalue weighted by atomic mass is 10.1. The van der Waals surface area contributed by atoms with Crippen LogP contribution >= 0.6 is 11.6 Å². The molecule has 0 radical (unpaired) electrons. The number of carbonyl (C=O) groups is 2. The summed E-state index contributed by atoms with van der Waals surface area (Å²) in [6, 6.07) is 2.73. The quantitative estimate of drug-likeness (QED) is 0.496. The van der Waals surface area contributed by atoms with Crippen LogP contribution in [0.2, 0.25) is 5.02 Å². The monoisotopic (exact) mass is 258 g/mol. The first-order chi connectivity index (χ1) is 7.84. The number of carbonyl (C=O) groups excluding carboxylic acids is 1. The van der Waals surface area contributed by atoms with E-state index < -0.39 is 23.3 Å². The molecule has 1 aromatic carbocycles. The van der Waals surface area contributed by atoms with Crippen LogP contribution in [0.4, 0.5) is 4.39 Å². The molecule has 0 amide bonds. The van der Waals surface area contributed by atoms with Gasteiger partial charge in [-0.15, -0.1) is 0 Å². The summed E-state index contributed by atoms with van der Waals surface area (Å²) in [5, 5.41) is 17.7. The average Bonchev–Trinajstić information content (AvgIpc) is 2.24. The number of aryl methyl sites for hydroxylation is 1. The van der Waals surface area contributed by atoms with Gasteiger partial charge in [0.05, 0.1) is 10.6 Å². The Hall–Kier alpha value is -1.88. The van der Waals surface area contributed by atoms with Crippen molar-refractivity contribution in [2.24, 2.45) is 0 Å². The Morgan fingerprint density at radius 3 is 2.47 bits per heavy atom. The Labute approximate surface area is 101 Å². The number of benzene rings is 1. The Morgan fingerprint density at radius 1 is 1.35 bits per heavy atom. The molecular weight excluding hydrogens is 251 g/mol. The summed E-state index contributed by atoms with van der Waals surface area (Å²) in [5.41, 5.74) is -0.173. The number of ketones is 1. The zero-order valence-electron chi connectivity index (χ0n) is 8.70. The molecule has 17 heavy (non-hydrogen) atoms. The first kappa shape index (κ1) is 13.2. The maximum absolute atomic E-state index is 13.6. The van der Waals surface area contributed by atoms with Gasteiger partial charge in [0.2, 0.25) is 0 Å². The SMILES string of the molecule is Cc1ccc(Cl)c(/C(O)=C/C(=O)C(=O)O)c1F. The molecule has 4 nitrogen and oxygen atoms in total. The minimum Gasteiger partial charge on any atom is -0.507 e. The molecule has 0 saturated carbocycles. The van der Waals surface area contributed by atoms with E-state index in [1.807, 2.05) is 0 Å². The van der Waals surface area contributed by atoms with E-state index in [4.69, 9.17) is 16.7 Å². The van der Waals surface area contributed by atoms with Gasteiger partial charge in [-0.3, -0.25) is 4.79 Å². The normalized spacial score (nSPS) is 11.4. The second kappa shape index (κ2) is 4.97. The summed E-state index contributed by atoms with van der Waals surface area (Å²) < 4.78 is 13.6. The van der Waals surface area contributed by atoms with Crippen molar-refractivity contribution in [3.05, 3.63) is 40.2 Å². The van der Waals surface area contributed by atoms with Crippen molar-refractivity contribution >= 4 is 29.1 Å². The van der Waals surface area contributed by atoms with Crippen LogP contribution in [0.5, 0.6) is 0 Å². The van der Waals surface area contributed by atoms with E-state index in [1.165, 1.54) is 19.1 Å². The molecule has 0 aliphatic rings. The molecule has 90 valence electrons. The fourth-order valence-electron chi connectivity index (χ4n) is 1.15. The van der Waals surface area contributed by atoms with Gasteiger partial charge in [-0.25, -0.2) is 9.18 Å². The maximum atomic E-state index is 13.6. The first-order valence-corrected chi connectivity index (χ1v) is 4.85. The standard InChI is InChI=1S/C11H8ClFO4/c1-5-2-3-6(12)9(10(5)13)7(14)4-8(15)11(16)17/h2-4,14H,1H3,(H,16,17)/b7-4-. The number of carboxylic acids is 1. The van der Waals surface area contributed by atoms with Crippen LogP contribution in [0.3, 0.4) is 0 Å². The maximum Gasteiger partial charge on any atom is 0.376 e. The smallest absolute Gasteiger partial charge is 0.376 e. The molecule has 0 fully saturated rings. The highest BCUT2D eigenvalue weighted by Crippen LogP contribution is 2.27. The molecule has 2 N–H and O–H groups in total. The van der Waals surface area contributed by atoms with Gasteiger partial charge < -0.3 is 10.2 Å². The van der Waals surface area contributed by atoms with Crippen LogP contribution in [-0.4, -0.2) is 22.0 Å². The van der Waals surface area contributed by atoms with Crippen LogP contribution in [-0.2, 0) is 9.59 Å². The molecule has 1 aromatic rings. The van der Waals surface area contributed by atoms with Gasteiger partial charge in [0, 0.05) is 6.08 Å². The lowest BCUT2D eigenvalue weighted by Crippen LogP contribution is -2.10. The topological polar surface area (TPSA) is 74.6 Å². The summed E-state index contributed by atoms with van der Waals surface area (Å²) in [4.78, 5) is 21.1. The van der Waals surface area contributed by atoms with Crippen molar-refractivity contribution in [1.29, 1.82) is 0 Å². The predicted octanol–water partition coefficient (Wildman–Crippen LogP) is 2.34. The first-order valence-electron chi connectivity index (χ1n) is 4.47. The minimum absolute atomic E-state index is 0.111. The number of carboxylic acid groups (broad SMARTS) is 1. The van der Waals surface area contributed by atoms with E-state index in [0.29, 0.717) is 6.08 Å². The highest BCUT2D eigenvalue weighted by Gasteiger charge is 2.17. The van der Waals surface area contributed by atoms with Crippen LogP contribution in [0.25, 0.3) is 5.76 Å². The van der Waals surface area contributed by atoms with Crippen molar-refractivity contribution in [1.82, 2.24) is 0 Å². The Balaban J connectivity index is 3.30. The van der Waals surface area contributed by atoms with Crippen LogP contribution in [0.15, 0.2) is 18.2 Å². The number of hydrogen-bond donors (Lipinski definition) is 2. The van der Waals surface area contributed by atoms with Crippen LogP contribution in [0.1, 0.15) is 11.1 Å². The lowest BCUT2D eigenvalue weighted by Gasteiger charge is -2.06. The molecule has 0 aliphatic heterocycles. The highest BCUT2D eigenvalue weighted by atomic mass is 35.5. The predicted molar refractivity (Wildman–Crippen MR) is 59.4 cm³/mol. The highest BCUT2D eigenvalue weighted by molar-refractivity contribution is 6.39.